The number of hydrogen-bond acceptors (Lipinski definition) is 4. The normalized spacial score (nSPS) is 20.7. The second-order valence-electron chi connectivity index (χ2n) is 6.24. The minimum absolute atomic E-state index is 0. The molecule has 132 valence electrons. The van der Waals surface area contributed by atoms with Gasteiger partial charge in [-0.05, 0) is 56.7 Å². The van der Waals surface area contributed by atoms with E-state index < -0.39 is 10.0 Å². The van der Waals surface area contributed by atoms with Crippen LogP contribution in [0.2, 0.25) is 0 Å². The molecule has 0 saturated carbocycles. The Morgan fingerprint density at radius 2 is 2.00 bits per heavy atom. The molecule has 1 fully saturated rings. The monoisotopic (exact) mass is 362 g/mol. The molecule has 0 radical (unpaired) electrons. The number of benzene rings is 1. The molecule has 2 rings (SSSR count). The number of methoxy groups -OCH3 is 1. The summed E-state index contributed by atoms with van der Waals surface area (Å²) in [5, 5.41) is 0. The van der Waals surface area contributed by atoms with Gasteiger partial charge in [0.2, 0.25) is 10.0 Å². The van der Waals surface area contributed by atoms with E-state index in [-0.39, 0.29) is 29.3 Å². The summed E-state index contributed by atoms with van der Waals surface area (Å²) in [7, 11) is -2.06. The third kappa shape index (κ3) is 4.18. The molecule has 0 spiro atoms. The molecular formula is C16H27ClN2O3S. The zero-order valence-corrected chi connectivity index (χ0v) is 15.8. The maximum atomic E-state index is 13.1. The minimum Gasteiger partial charge on any atom is -0.495 e. The van der Waals surface area contributed by atoms with Gasteiger partial charge in [-0.2, -0.15) is 4.31 Å². The van der Waals surface area contributed by atoms with Crippen LogP contribution in [0, 0.1) is 19.8 Å². The summed E-state index contributed by atoms with van der Waals surface area (Å²) in [6, 6.07) is 3.65. The molecule has 1 saturated heterocycles. The van der Waals surface area contributed by atoms with Crippen molar-refractivity contribution in [1.82, 2.24) is 4.31 Å². The fourth-order valence-electron chi connectivity index (χ4n) is 3.15. The van der Waals surface area contributed by atoms with E-state index in [4.69, 9.17) is 10.5 Å². The summed E-state index contributed by atoms with van der Waals surface area (Å²) in [5.41, 5.74) is 7.68. The van der Waals surface area contributed by atoms with E-state index in [1.54, 1.807) is 10.4 Å². The molecule has 2 N–H and O–H groups in total. The standard InChI is InChI=1S/C16H26N2O3S.ClH/c1-11-8-12(2)16(15(9-11)21-4)22(19,20)18-7-5-6-14(10-18)13(3)17;/h8-9,13-14H,5-7,10,17H2,1-4H3;1H. The number of aryl methyl sites for hydroxylation is 2. The predicted molar refractivity (Wildman–Crippen MR) is 94.8 cm³/mol. The number of nitrogens with two attached hydrogens (primary N) is 1. The highest BCUT2D eigenvalue weighted by Crippen LogP contribution is 2.33. The molecule has 2 atom stereocenters. The Morgan fingerprint density at radius 3 is 2.57 bits per heavy atom. The van der Waals surface area contributed by atoms with E-state index in [1.807, 2.05) is 26.8 Å². The van der Waals surface area contributed by atoms with Gasteiger partial charge in [0.1, 0.15) is 10.6 Å². The Labute approximate surface area is 145 Å². The molecule has 23 heavy (non-hydrogen) atoms. The highest BCUT2D eigenvalue weighted by Gasteiger charge is 2.34. The van der Waals surface area contributed by atoms with Gasteiger partial charge in [-0.15, -0.1) is 12.4 Å². The van der Waals surface area contributed by atoms with Gasteiger partial charge in [-0.1, -0.05) is 6.07 Å². The molecule has 5 nitrogen and oxygen atoms in total. The van der Waals surface area contributed by atoms with E-state index in [0.29, 0.717) is 18.8 Å². The quantitative estimate of drug-likeness (QED) is 0.893. The van der Waals surface area contributed by atoms with Crippen molar-refractivity contribution < 1.29 is 13.2 Å². The van der Waals surface area contributed by atoms with Crippen molar-refractivity contribution in [3.63, 3.8) is 0 Å². The second kappa shape index (κ2) is 7.83. The van der Waals surface area contributed by atoms with Crippen LogP contribution in [-0.4, -0.2) is 39.0 Å². The van der Waals surface area contributed by atoms with Crippen LogP contribution in [0.25, 0.3) is 0 Å². The maximum absolute atomic E-state index is 13.1. The summed E-state index contributed by atoms with van der Waals surface area (Å²) in [6.45, 7) is 6.71. The average Bonchev–Trinajstić information content (AvgIpc) is 2.46. The fraction of sp³-hybridized carbons (Fsp3) is 0.625. The number of nitrogens with zero attached hydrogens (tertiary/aromatic N) is 1. The van der Waals surface area contributed by atoms with Gasteiger partial charge in [0.15, 0.2) is 0 Å². The molecule has 7 heteroatoms. The lowest BCUT2D eigenvalue weighted by Gasteiger charge is -2.34. The number of piperidine rings is 1. The van der Waals surface area contributed by atoms with Crippen LogP contribution in [0.4, 0.5) is 0 Å². The SMILES string of the molecule is COc1cc(C)cc(C)c1S(=O)(=O)N1CCCC(C(C)N)C1.Cl. The largest absolute Gasteiger partial charge is 0.495 e. The fourth-order valence-corrected chi connectivity index (χ4v) is 5.03. The van der Waals surface area contributed by atoms with Gasteiger partial charge in [0.25, 0.3) is 0 Å². The first-order valence-electron chi connectivity index (χ1n) is 7.68. The van der Waals surface area contributed by atoms with E-state index in [2.05, 4.69) is 0 Å². The Morgan fingerprint density at radius 1 is 1.35 bits per heavy atom. The number of hydrogen-bond donors (Lipinski definition) is 1. The summed E-state index contributed by atoms with van der Waals surface area (Å²) >= 11 is 0. The first kappa shape index (κ1) is 20.2. The van der Waals surface area contributed by atoms with Crippen molar-refractivity contribution in [3.05, 3.63) is 23.3 Å². The third-order valence-electron chi connectivity index (χ3n) is 4.37. The van der Waals surface area contributed by atoms with Crippen LogP contribution in [0.15, 0.2) is 17.0 Å². The van der Waals surface area contributed by atoms with Gasteiger partial charge in [0.05, 0.1) is 7.11 Å². The molecule has 1 aromatic carbocycles. The molecule has 0 amide bonds. The highest BCUT2D eigenvalue weighted by atomic mass is 35.5. The zero-order chi connectivity index (χ0) is 16.5. The maximum Gasteiger partial charge on any atom is 0.247 e. The topological polar surface area (TPSA) is 72.6 Å². The molecular weight excluding hydrogens is 336 g/mol. The first-order chi connectivity index (χ1) is 10.3. The molecule has 1 aliphatic heterocycles. The average molecular weight is 363 g/mol. The van der Waals surface area contributed by atoms with Gasteiger partial charge in [0, 0.05) is 19.1 Å². The van der Waals surface area contributed by atoms with Crippen LogP contribution < -0.4 is 10.5 Å². The molecule has 1 aromatic rings. The van der Waals surface area contributed by atoms with Crippen LogP contribution in [0.3, 0.4) is 0 Å². The summed E-state index contributed by atoms with van der Waals surface area (Å²) in [6.07, 6.45) is 1.83. The number of halogens is 1. The van der Waals surface area contributed by atoms with E-state index >= 15 is 0 Å². The highest BCUT2D eigenvalue weighted by molar-refractivity contribution is 7.89. The van der Waals surface area contributed by atoms with Crippen LogP contribution in [0.5, 0.6) is 5.75 Å². The minimum atomic E-state index is -3.57. The van der Waals surface area contributed by atoms with Crippen molar-refractivity contribution in [1.29, 1.82) is 0 Å². The van der Waals surface area contributed by atoms with Gasteiger partial charge in [-0.25, -0.2) is 8.42 Å². The van der Waals surface area contributed by atoms with Crippen molar-refractivity contribution in [3.8, 4) is 5.75 Å². The van der Waals surface area contributed by atoms with E-state index in [0.717, 1.165) is 24.0 Å². The molecule has 0 aliphatic carbocycles. The summed E-state index contributed by atoms with van der Waals surface area (Å²) in [5.74, 6) is 0.626. The smallest absolute Gasteiger partial charge is 0.247 e. The van der Waals surface area contributed by atoms with Crippen LogP contribution >= 0.6 is 12.4 Å². The molecule has 2 unspecified atom stereocenters. The Balaban J connectivity index is 0.00000264. The summed E-state index contributed by atoms with van der Waals surface area (Å²) < 4.78 is 33.0. The predicted octanol–water partition coefficient (Wildman–Crippen LogP) is 2.48. The summed E-state index contributed by atoms with van der Waals surface area (Å²) in [4.78, 5) is 0.283. The van der Waals surface area contributed by atoms with Gasteiger partial charge < -0.3 is 10.5 Å². The zero-order valence-electron chi connectivity index (χ0n) is 14.2. The number of ether oxygens (including phenoxy) is 1. The van der Waals surface area contributed by atoms with Gasteiger partial charge >= 0.3 is 0 Å². The second-order valence-corrected chi connectivity index (χ2v) is 8.11. The van der Waals surface area contributed by atoms with Crippen molar-refractivity contribution in [2.75, 3.05) is 20.2 Å². The van der Waals surface area contributed by atoms with Crippen molar-refractivity contribution in [2.45, 2.75) is 44.6 Å². The lowest BCUT2D eigenvalue weighted by atomic mass is 9.93. The Hall–Kier alpha value is -0.820. The molecule has 0 bridgehead atoms. The van der Waals surface area contributed by atoms with Gasteiger partial charge in [-0.3, -0.25) is 0 Å². The van der Waals surface area contributed by atoms with E-state index in [1.165, 1.54) is 7.11 Å². The first-order valence-corrected chi connectivity index (χ1v) is 9.12. The lowest BCUT2D eigenvalue weighted by Crippen LogP contribution is -2.45. The Kier molecular flexibility index (Phi) is 6.89. The molecule has 0 aromatic heterocycles. The van der Waals surface area contributed by atoms with Crippen molar-refractivity contribution in [2.24, 2.45) is 11.7 Å². The Bertz CT molecular complexity index is 647. The lowest BCUT2D eigenvalue weighted by molar-refractivity contribution is 0.242. The number of rotatable bonds is 4. The van der Waals surface area contributed by atoms with E-state index in [9.17, 15) is 8.42 Å². The molecule has 1 aliphatic rings. The number of sulfonamides is 1. The van der Waals surface area contributed by atoms with Crippen LogP contribution in [-0.2, 0) is 10.0 Å². The van der Waals surface area contributed by atoms with Crippen molar-refractivity contribution >= 4 is 22.4 Å². The van der Waals surface area contributed by atoms with Crippen LogP contribution in [0.1, 0.15) is 30.9 Å². The third-order valence-corrected chi connectivity index (χ3v) is 6.42. The molecule has 1 heterocycles.